The highest BCUT2D eigenvalue weighted by atomic mass is 32.3. The first-order valence-electron chi connectivity index (χ1n) is 23.1. The van der Waals surface area contributed by atoms with E-state index in [9.17, 15) is 27.7 Å². The van der Waals surface area contributed by atoms with Crippen LogP contribution in [0.5, 0.6) is 0 Å². The summed E-state index contributed by atoms with van der Waals surface area (Å²) in [7, 11) is -7.52. The van der Waals surface area contributed by atoms with Gasteiger partial charge in [0.1, 0.15) is 18.2 Å². The largest absolute Gasteiger partial charge is 0.457 e. The van der Waals surface area contributed by atoms with E-state index in [-0.39, 0.29) is 24.5 Å². The molecular weight excluding hydrogens is 835 g/mol. The molecule has 1 saturated heterocycles. The summed E-state index contributed by atoms with van der Waals surface area (Å²) in [5.74, 6) is -1.06. The van der Waals surface area contributed by atoms with E-state index in [1.807, 2.05) is 46.0 Å². The first kappa shape index (κ1) is 50.3. The van der Waals surface area contributed by atoms with E-state index in [1.165, 1.54) is 32.7 Å². The summed E-state index contributed by atoms with van der Waals surface area (Å²) < 4.78 is 57.6. The first-order valence-corrected chi connectivity index (χ1v) is 27.3. The number of carbonyl (C=O) groups excluding carboxylic acids is 2. The lowest BCUT2D eigenvalue weighted by Gasteiger charge is -2.45. The third-order valence-corrected chi connectivity index (χ3v) is 17.7. The summed E-state index contributed by atoms with van der Waals surface area (Å²) >= 11 is 0. The number of rotatable bonds is 25. The Bertz CT molecular complexity index is 2170. The molecule has 0 bridgehead atoms. The van der Waals surface area contributed by atoms with Crippen molar-refractivity contribution in [1.82, 2.24) is 5.32 Å². The van der Waals surface area contributed by atoms with Gasteiger partial charge in [0.2, 0.25) is 5.91 Å². The lowest BCUT2D eigenvalue weighted by Crippen LogP contribution is -2.66. The number of unbranched alkanes of at least 4 members (excludes halogenated alkanes) is 10. The van der Waals surface area contributed by atoms with Crippen LogP contribution in [-0.2, 0) is 50.9 Å². The van der Waals surface area contributed by atoms with Gasteiger partial charge in [-0.25, -0.2) is 4.18 Å². The summed E-state index contributed by atoms with van der Waals surface area (Å²) in [6, 6.07) is 28.6. The molecule has 346 valence electrons. The molecule has 0 saturated carbocycles. The Balaban J connectivity index is 1.10. The van der Waals surface area contributed by atoms with E-state index < -0.39 is 61.2 Å². The molecule has 11 nitrogen and oxygen atoms in total. The van der Waals surface area contributed by atoms with Gasteiger partial charge in [-0.2, -0.15) is 8.42 Å². The summed E-state index contributed by atoms with van der Waals surface area (Å²) in [6.07, 6.45) is 7.20. The van der Waals surface area contributed by atoms with Gasteiger partial charge in [-0.15, -0.1) is 0 Å². The molecule has 0 radical (unpaired) electrons. The standard InChI is InChI=1S/C50H71NO10SSi/c1-50(2,3)63(4,5)58-36-43-47(61-62(55,56)57)48(60-45(53)29-17-13-9-7-11-15-23-38-31-33-40-25-19-21-27-42(40)35-38)46(49(54)59-43)51-44(52)28-16-12-8-6-10-14-22-37-30-32-39-24-18-20-26-41(39)34-37/h18-21,24-27,30-35,43,46-49,54H,6-17,22-23,28-29,36H2,1-5H3,(H,51,52)(H,55,56,57)/t43-,46+,47-,48-,49+/m1/s1. The van der Waals surface area contributed by atoms with Gasteiger partial charge in [0.15, 0.2) is 20.7 Å². The fourth-order valence-corrected chi connectivity index (χ4v) is 9.52. The fourth-order valence-electron chi connectivity index (χ4n) is 8.00. The van der Waals surface area contributed by atoms with E-state index in [1.54, 1.807) is 0 Å². The maximum absolute atomic E-state index is 13.4. The maximum Gasteiger partial charge on any atom is 0.397 e. The van der Waals surface area contributed by atoms with Gasteiger partial charge in [-0.3, -0.25) is 14.1 Å². The number of aliphatic hydroxyl groups excluding tert-OH is 1. The third kappa shape index (κ3) is 16.4. The van der Waals surface area contributed by atoms with Gasteiger partial charge in [0.05, 0.1) is 6.61 Å². The molecule has 3 N–H and O–H groups in total. The number of nitrogens with one attached hydrogen (secondary N) is 1. The predicted octanol–water partition coefficient (Wildman–Crippen LogP) is 10.6. The van der Waals surface area contributed by atoms with Crippen LogP contribution in [0.25, 0.3) is 21.5 Å². The van der Waals surface area contributed by atoms with Gasteiger partial charge in [-0.1, -0.05) is 157 Å². The molecule has 13 heteroatoms. The molecule has 0 spiro atoms. The van der Waals surface area contributed by atoms with E-state index in [0.717, 1.165) is 77.0 Å². The lowest BCUT2D eigenvalue weighted by molar-refractivity contribution is -0.253. The zero-order valence-corrected chi connectivity index (χ0v) is 39.9. The Morgan fingerprint density at radius 2 is 1.16 bits per heavy atom. The number of esters is 1. The van der Waals surface area contributed by atoms with Gasteiger partial charge in [0, 0.05) is 12.8 Å². The Labute approximate surface area is 376 Å². The van der Waals surface area contributed by atoms with E-state index in [0.29, 0.717) is 12.8 Å². The van der Waals surface area contributed by atoms with Crippen LogP contribution in [0, 0.1) is 0 Å². The predicted molar refractivity (Wildman–Crippen MR) is 252 cm³/mol. The van der Waals surface area contributed by atoms with Crippen LogP contribution in [0.2, 0.25) is 18.1 Å². The average Bonchev–Trinajstić information content (AvgIpc) is 3.23. The number of benzene rings is 4. The summed E-state index contributed by atoms with van der Waals surface area (Å²) in [6.45, 7) is 9.92. The molecule has 63 heavy (non-hydrogen) atoms. The molecule has 1 fully saturated rings. The second-order valence-electron chi connectivity index (χ2n) is 18.8. The van der Waals surface area contributed by atoms with Crippen molar-refractivity contribution in [3.63, 3.8) is 0 Å². The average molecular weight is 906 g/mol. The van der Waals surface area contributed by atoms with Crippen LogP contribution >= 0.6 is 0 Å². The number of ether oxygens (including phenoxy) is 2. The second-order valence-corrected chi connectivity index (χ2v) is 24.6. The van der Waals surface area contributed by atoms with E-state index in [4.69, 9.17) is 18.1 Å². The van der Waals surface area contributed by atoms with Crippen molar-refractivity contribution in [1.29, 1.82) is 0 Å². The normalized spacial score (nSPS) is 19.6. The quantitative estimate of drug-likeness (QED) is 0.0253. The Morgan fingerprint density at radius 3 is 1.67 bits per heavy atom. The fraction of sp³-hybridized carbons (Fsp3) is 0.560. The minimum atomic E-state index is -5.10. The van der Waals surface area contributed by atoms with Crippen molar-refractivity contribution >= 4 is 52.1 Å². The number of fused-ring (bicyclic) bond motifs is 2. The number of aryl methyl sites for hydroxylation is 2. The number of hydrogen-bond donors (Lipinski definition) is 3. The minimum Gasteiger partial charge on any atom is -0.457 e. The highest BCUT2D eigenvalue weighted by molar-refractivity contribution is 7.80. The van der Waals surface area contributed by atoms with Gasteiger partial charge < -0.3 is 24.3 Å². The Hall–Kier alpha value is -3.69. The van der Waals surface area contributed by atoms with Crippen LogP contribution in [-0.4, -0.2) is 75.5 Å². The molecular formula is C50H71NO10SSi. The van der Waals surface area contributed by atoms with Crippen molar-refractivity contribution in [2.24, 2.45) is 0 Å². The van der Waals surface area contributed by atoms with Crippen molar-refractivity contribution in [3.05, 3.63) is 96.1 Å². The summed E-state index contributed by atoms with van der Waals surface area (Å²) in [5.41, 5.74) is 2.65. The van der Waals surface area contributed by atoms with Crippen LogP contribution in [0.1, 0.15) is 122 Å². The van der Waals surface area contributed by atoms with Gasteiger partial charge in [-0.05, 0) is 89.3 Å². The molecule has 4 aromatic carbocycles. The molecule has 1 aliphatic rings. The van der Waals surface area contributed by atoms with Crippen LogP contribution in [0.3, 0.4) is 0 Å². The first-order chi connectivity index (χ1) is 30.0. The molecule has 1 aliphatic heterocycles. The maximum atomic E-state index is 13.4. The SMILES string of the molecule is CC(C)(C)[Si](C)(C)OC[C@H]1O[C@H](O)[C@@H](NC(=O)CCCCCCCCc2ccc3ccccc3c2)[C@@H](OC(=O)CCCCCCCCc2ccc3ccccc3c2)[C@@H]1OS(=O)(=O)O. The van der Waals surface area contributed by atoms with Crippen LogP contribution in [0.15, 0.2) is 84.9 Å². The van der Waals surface area contributed by atoms with Crippen molar-refractivity contribution in [3.8, 4) is 0 Å². The zero-order chi connectivity index (χ0) is 45.5. The van der Waals surface area contributed by atoms with Gasteiger partial charge in [0.25, 0.3) is 0 Å². The molecule has 0 aliphatic carbocycles. The molecule has 5 rings (SSSR count). The van der Waals surface area contributed by atoms with Crippen LogP contribution in [0.4, 0.5) is 0 Å². The van der Waals surface area contributed by atoms with E-state index in [2.05, 4.69) is 78.1 Å². The molecule has 0 unspecified atom stereocenters. The smallest absolute Gasteiger partial charge is 0.397 e. The molecule has 1 heterocycles. The molecule has 0 aromatic heterocycles. The van der Waals surface area contributed by atoms with Gasteiger partial charge >= 0.3 is 16.4 Å². The number of hydrogen-bond acceptors (Lipinski definition) is 9. The Morgan fingerprint density at radius 1 is 0.683 bits per heavy atom. The van der Waals surface area contributed by atoms with Crippen molar-refractivity contribution in [2.75, 3.05) is 6.61 Å². The zero-order valence-electron chi connectivity index (χ0n) is 38.1. The highest BCUT2D eigenvalue weighted by Gasteiger charge is 2.51. The molecule has 4 aromatic rings. The summed E-state index contributed by atoms with van der Waals surface area (Å²) in [4.78, 5) is 26.7. The monoisotopic (exact) mass is 905 g/mol. The van der Waals surface area contributed by atoms with Crippen LogP contribution < -0.4 is 5.32 Å². The Kier molecular flexibility index (Phi) is 19.2. The highest BCUT2D eigenvalue weighted by Crippen LogP contribution is 2.38. The van der Waals surface area contributed by atoms with Crippen molar-refractivity contribution < 1.29 is 45.7 Å². The number of carbonyl (C=O) groups is 2. The van der Waals surface area contributed by atoms with Crippen molar-refractivity contribution in [2.45, 2.75) is 172 Å². The third-order valence-electron chi connectivity index (χ3n) is 12.8. The summed E-state index contributed by atoms with van der Waals surface area (Å²) in [5, 5.41) is 18.8. The molecule has 5 atom stereocenters. The topological polar surface area (TPSA) is 158 Å². The second kappa shape index (κ2) is 24.0. The minimum absolute atomic E-state index is 0.0389. The lowest BCUT2D eigenvalue weighted by atomic mass is 9.96. The van der Waals surface area contributed by atoms with E-state index >= 15 is 0 Å². The number of aliphatic hydroxyl groups is 1. The molecule has 1 amide bonds. The number of amides is 1.